The number of hydrogen-bond acceptors (Lipinski definition) is 8. The molecule has 1 aromatic heterocycles. The minimum absolute atomic E-state index is 0.0900. The van der Waals surface area contributed by atoms with Gasteiger partial charge < -0.3 is 25.6 Å². The van der Waals surface area contributed by atoms with E-state index in [9.17, 15) is 9.59 Å². The highest BCUT2D eigenvalue weighted by Crippen LogP contribution is 2.32. The number of nitrogens with one attached hydrogen (secondary N) is 3. The standard InChI is InChI=1S/C27H28Cl2N6O4/c1-16-23-24(35-39-16)18-6-8-19(9-7-18)38-11-5-3-2-4-10-31-15-22(36)33-25-20(28)12-17(13-21(25)29)14-32-27(30)34-26(23)37/h3,5-9,12-13,31H,2,4,10-11,14-15H2,1H3,(H,33,36)(H3,30,32,34,37). The number of aryl methyl sites for hydroxylation is 1. The van der Waals surface area contributed by atoms with Gasteiger partial charge in [0.1, 0.15) is 29.4 Å². The first-order chi connectivity index (χ1) is 18.8. The topological polar surface area (TPSA) is 144 Å². The van der Waals surface area contributed by atoms with Gasteiger partial charge in [-0.05, 0) is 68.3 Å². The lowest BCUT2D eigenvalue weighted by Gasteiger charge is -2.12. The van der Waals surface area contributed by atoms with Gasteiger partial charge in [0, 0.05) is 5.56 Å². The van der Waals surface area contributed by atoms with Crippen molar-refractivity contribution in [2.24, 2.45) is 10.7 Å². The third-order valence-corrected chi connectivity index (χ3v) is 6.38. The van der Waals surface area contributed by atoms with Gasteiger partial charge >= 0.3 is 0 Å². The Hall–Kier alpha value is -3.86. The maximum atomic E-state index is 13.0. The van der Waals surface area contributed by atoms with E-state index in [1.165, 1.54) is 0 Å². The van der Waals surface area contributed by atoms with Gasteiger partial charge in [-0.25, -0.2) is 4.99 Å². The molecule has 4 aliphatic heterocycles. The van der Waals surface area contributed by atoms with Crippen LogP contribution in [0.15, 0.2) is 58.1 Å². The number of guanidine groups is 1. The molecule has 3 aromatic rings. The van der Waals surface area contributed by atoms with Crippen LogP contribution < -0.4 is 26.4 Å². The molecule has 4 aliphatic rings. The molecule has 7 rings (SSSR count). The first kappa shape index (κ1) is 28.2. The second-order valence-electron chi connectivity index (χ2n) is 8.73. The molecule has 2 aromatic carbocycles. The van der Waals surface area contributed by atoms with E-state index in [4.69, 9.17) is 38.2 Å². The fourth-order valence-electron chi connectivity index (χ4n) is 3.84. The molecule has 2 amide bonds. The number of amides is 2. The molecule has 5 heterocycles. The summed E-state index contributed by atoms with van der Waals surface area (Å²) in [6, 6.07) is 10.4. The number of aliphatic imine (C=N–C) groups is 1. The predicted octanol–water partition coefficient (Wildman–Crippen LogP) is 4.46. The van der Waals surface area contributed by atoms with E-state index in [1.807, 2.05) is 12.2 Å². The summed E-state index contributed by atoms with van der Waals surface area (Å²) in [7, 11) is 0. The van der Waals surface area contributed by atoms with Gasteiger partial charge in [0.2, 0.25) is 5.91 Å². The van der Waals surface area contributed by atoms with Crippen LogP contribution in [0, 0.1) is 6.92 Å². The number of nitrogens with zero attached hydrogens (tertiary/aromatic N) is 2. The highest BCUT2D eigenvalue weighted by Gasteiger charge is 2.22. The van der Waals surface area contributed by atoms with E-state index in [2.05, 4.69) is 26.1 Å². The number of nitrogens with two attached hydrogens (primary N) is 1. The van der Waals surface area contributed by atoms with Gasteiger partial charge in [-0.1, -0.05) is 40.5 Å². The van der Waals surface area contributed by atoms with Gasteiger partial charge in [-0.3, -0.25) is 14.9 Å². The summed E-state index contributed by atoms with van der Waals surface area (Å²) >= 11 is 12.7. The van der Waals surface area contributed by atoms with Crippen LogP contribution in [-0.2, 0) is 11.3 Å². The molecular formula is C27H28Cl2N6O4. The number of carbonyl (C=O) groups is 2. The number of allylic oxidation sites excluding steroid dienone is 1. The summed E-state index contributed by atoms with van der Waals surface area (Å²) in [6.45, 7) is 2.92. The number of anilines is 1. The minimum Gasteiger partial charge on any atom is -0.490 e. The largest absolute Gasteiger partial charge is 0.490 e. The maximum absolute atomic E-state index is 13.0. The van der Waals surface area contributed by atoms with Crippen LogP contribution in [0.1, 0.15) is 34.5 Å². The quantitative estimate of drug-likeness (QED) is 0.292. The molecule has 39 heavy (non-hydrogen) atoms. The lowest BCUT2D eigenvalue weighted by Crippen LogP contribution is -2.37. The van der Waals surface area contributed by atoms with Crippen LogP contribution in [0.2, 0.25) is 10.0 Å². The Bertz CT molecular complexity index is 1380. The van der Waals surface area contributed by atoms with Crippen molar-refractivity contribution in [3.05, 3.63) is 75.5 Å². The predicted molar refractivity (Wildman–Crippen MR) is 151 cm³/mol. The Kier molecular flexibility index (Phi) is 9.59. The molecule has 0 spiro atoms. The average Bonchev–Trinajstić information content (AvgIpc) is 3.30. The Balaban J connectivity index is 1.57. The Morgan fingerprint density at radius 3 is 2.51 bits per heavy atom. The lowest BCUT2D eigenvalue weighted by atomic mass is 10.1. The molecule has 0 radical (unpaired) electrons. The Morgan fingerprint density at radius 1 is 1.03 bits per heavy atom. The van der Waals surface area contributed by atoms with E-state index in [-0.39, 0.29) is 40.6 Å². The van der Waals surface area contributed by atoms with Crippen LogP contribution in [0.3, 0.4) is 0 Å². The summed E-state index contributed by atoms with van der Waals surface area (Å²) in [5.41, 5.74) is 8.23. The van der Waals surface area contributed by atoms with Crippen LogP contribution in [0.5, 0.6) is 5.75 Å². The van der Waals surface area contributed by atoms with Gasteiger partial charge in [0.25, 0.3) is 5.91 Å². The van der Waals surface area contributed by atoms with Crippen molar-refractivity contribution in [1.29, 1.82) is 0 Å². The van der Waals surface area contributed by atoms with Gasteiger partial charge in [0.05, 0.1) is 28.8 Å². The number of halogens is 2. The highest BCUT2D eigenvalue weighted by molar-refractivity contribution is 6.39. The van der Waals surface area contributed by atoms with Crippen molar-refractivity contribution in [3.8, 4) is 17.0 Å². The van der Waals surface area contributed by atoms with Gasteiger partial charge in [-0.2, -0.15) is 0 Å². The summed E-state index contributed by atoms with van der Waals surface area (Å²) in [6.07, 6.45) is 5.65. The van der Waals surface area contributed by atoms with Gasteiger partial charge in [0.15, 0.2) is 5.96 Å². The van der Waals surface area contributed by atoms with Crippen LogP contribution in [0.25, 0.3) is 11.3 Å². The normalized spacial score (nSPS) is 15.7. The Labute approximate surface area is 235 Å². The second-order valence-corrected chi connectivity index (χ2v) is 9.54. The minimum atomic E-state index is -0.514. The van der Waals surface area contributed by atoms with Crippen LogP contribution >= 0.6 is 23.2 Å². The third-order valence-electron chi connectivity index (χ3n) is 5.78. The first-order valence-corrected chi connectivity index (χ1v) is 13.0. The zero-order valence-corrected chi connectivity index (χ0v) is 22.7. The molecule has 5 N–H and O–H groups in total. The fraction of sp³-hybridized carbons (Fsp3) is 0.259. The number of ether oxygens (including phenoxy) is 1. The molecule has 4 bridgehead atoms. The van der Waals surface area contributed by atoms with E-state index < -0.39 is 5.91 Å². The second kappa shape index (κ2) is 13.3. The molecule has 204 valence electrons. The first-order valence-electron chi connectivity index (χ1n) is 12.3. The zero-order valence-electron chi connectivity index (χ0n) is 21.2. The highest BCUT2D eigenvalue weighted by atomic mass is 35.5. The molecule has 0 saturated carbocycles. The molecule has 0 fully saturated rings. The molecule has 10 nitrogen and oxygen atoms in total. The van der Waals surface area contributed by atoms with E-state index >= 15 is 0 Å². The number of benzene rings is 2. The summed E-state index contributed by atoms with van der Waals surface area (Å²) in [5, 5.41) is 13.0. The maximum Gasteiger partial charge on any atom is 0.263 e. The van der Waals surface area contributed by atoms with Crippen LogP contribution in [0.4, 0.5) is 5.69 Å². The van der Waals surface area contributed by atoms with Crippen molar-refractivity contribution < 1.29 is 18.8 Å². The van der Waals surface area contributed by atoms with E-state index in [0.717, 1.165) is 12.8 Å². The molecular weight excluding hydrogens is 543 g/mol. The molecule has 0 saturated heterocycles. The molecule has 12 heteroatoms. The van der Waals surface area contributed by atoms with E-state index in [0.29, 0.717) is 47.2 Å². The SMILES string of the molecule is Cc1onc2c1C(=O)NC(N)=NCc1cc(Cl)c(c(Cl)c1)NC(=O)CNCCCC=CCOc1ccc-2cc1. The average molecular weight is 571 g/mol. The number of carbonyl (C=O) groups excluding carboxylic acids is 2. The summed E-state index contributed by atoms with van der Waals surface area (Å²) in [4.78, 5) is 29.6. The number of hydrogen-bond donors (Lipinski definition) is 4. The molecule has 0 unspecified atom stereocenters. The fourth-order valence-corrected chi connectivity index (χ4v) is 4.46. The van der Waals surface area contributed by atoms with Gasteiger partial charge in [-0.15, -0.1) is 0 Å². The number of rotatable bonds is 0. The monoisotopic (exact) mass is 570 g/mol. The van der Waals surface area contributed by atoms with Crippen molar-refractivity contribution in [3.63, 3.8) is 0 Å². The van der Waals surface area contributed by atoms with Crippen LogP contribution in [-0.4, -0.2) is 42.6 Å². The molecule has 0 atom stereocenters. The smallest absolute Gasteiger partial charge is 0.263 e. The molecule has 0 aliphatic carbocycles. The van der Waals surface area contributed by atoms with Crippen molar-refractivity contribution >= 4 is 46.7 Å². The van der Waals surface area contributed by atoms with E-state index in [1.54, 1.807) is 43.3 Å². The summed E-state index contributed by atoms with van der Waals surface area (Å²) < 4.78 is 11.1. The van der Waals surface area contributed by atoms with Crippen molar-refractivity contribution in [2.45, 2.75) is 26.3 Å². The zero-order chi connectivity index (χ0) is 27.8. The van der Waals surface area contributed by atoms with Crippen molar-refractivity contribution in [1.82, 2.24) is 15.8 Å². The summed E-state index contributed by atoms with van der Waals surface area (Å²) in [5.74, 6) is 0.116. The lowest BCUT2D eigenvalue weighted by molar-refractivity contribution is -0.115. The third kappa shape index (κ3) is 7.60. The number of aromatic nitrogens is 1. The van der Waals surface area contributed by atoms with Crippen molar-refractivity contribution in [2.75, 3.05) is 25.0 Å². The Morgan fingerprint density at radius 2 is 1.77 bits per heavy atom.